The second-order valence-electron chi connectivity index (χ2n) is 4.78. The number of aryl methyl sites for hydroxylation is 2. The number of aromatic nitrogens is 2. The average molecular weight is 275 g/mol. The van der Waals surface area contributed by atoms with E-state index in [0.29, 0.717) is 0 Å². The molecule has 5 nitrogen and oxygen atoms in total. The molecule has 0 radical (unpaired) electrons. The standard InChI is InChI=1S/C15H21N3O2/c1-10(16-13-9-18(3)17-11(13)2)12-6-7-14(19-4)15(8-12)20-5/h6-10,16H,1-5H3. The molecule has 0 saturated carbocycles. The Labute approximate surface area is 119 Å². The average Bonchev–Trinajstić information content (AvgIpc) is 2.75. The summed E-state index contributed by atoms with van der Waals surface area (Å²) < 4.78 is 12.4. The maximum absolute atomic E-state index is 5.34. The Kier molecular flexibility index (Phi) is 4.17. The van der Waals surface area contributed by atoms with Gasteiger partial charge in [0.15, 0.2) is 11.5 Å². The van der Waals surface area contributed by atoms with Gasteiger partial charge in [0.1, 0.15) is 0 Å². The number of benzene rings is 1. The van der Waals surface area contributed by atoms with E-state index in [1.165, 1.54) is 0 Å². The first kappa shape index (κ1) is 14.2. The van der Waals surface area contributed by atoms with Gasteiger partial charge >= 0.3 is 0 Å². The van der Waals surface area contributed by atoms with Crippen molar-refractivity contribution in [3.63, 3.8) is 0 Å². The van der Waals surface area contributed by atoms with Crippen LogP contribution in [-0.2, 0) is 7.05 Å². The number of ether oxygens (including phenoxy) is 2. The second-order valence-corrected chi connectivity index (χ2v) is 4.78. The Balaban J connectivity index is 2.20. The maximum atomic E-state index is 5.34. The zero-order valence-corrected chi connectivity index (χ0v) is 12.6. The Hall–Kier alpha value is -2.17. The zero-order valence-electron chi connectivity index (χ0n) is 12.6. The summed E-state index contributed by atoms with van der Waals surface area (Å²) in [4.78, 5) is 0. The number of methoxy groups -OCH3 is 2. The predicted molar refractivity (Wildman–Crippen MR) is 79.5 cm³/mol. The van der Waals surface area contributed by atoms with Gasteiger partial charge in [0.25, 0.3) is 0 Å². The molecule has 0 aliphatic rings. The minimum Gasteiger partial charge on any atom is -0.493 e. The van der Waals surface area contributed by atoms with Gasteiger partial charge in [-0.25, -0.2) is 0 Å². The fourth-order valence-corrected chi connectivity index (χ4v) is 2.18. The van der Waals surface area contributed by atoms with Crippen LogP contribution in [0.3, 0.4) is 0 Å². The molecule has 0 aliphatic carbocycles. The molecule has 0 bridgehead atoms. The minimum atomic E-state index is 0.151. The number of hydrogen-bond acceptors (Lipinski definition) is 4. The van der Waals surface area contributed by atoms with E-state index < -0.39 is 0 Å². The monoisotopic (exact) mass is 275 g/mol. The van der Waals surface area contributed by atoms with Crippen LogP contribution in [0.1, 0.15) is 24.2 Å². The summed E-state index contributed by atoms with van der Waals surface area (Å²) in [6, 6.07) is 6.09. The van der Waals surface area contributed by atoms with Crippen molar-refractivity contribution in [2.45, 2.75) is 19.9 Å². The molecule has 0 fully saturated rings. The highest BCUT2D eigenvalue weighted by molar-refractivity contribution is 5.50. The Morgan fingerprint density at radius 3 is 2.45 bits per heavy atom. The molecular weight excluding hydrogens is 254 g/mol. The smallest absolute Gasteiger partial charge is 0.161 e. The van der Waals surface area contributed by atoms with E-state index in [9.17, 15) is 0 Å². The summed E-state index contributed by atoms with van der Waals surface area (Å²) in [7, 11) is 5.20. The molecule has 1 heterocycles. The highest BCUT2D eigenvalue weighted by Gasteiger charge is 2.12. The topological polar surface area (TPSA) is 48.3 Å². The van der Waals surface area contributed by atoms with E-state index in [1.807, 2.05) is 38.4 Å². The van der Waals surface area contributed by atoms with Crippen LogP contribution in [0, 0.1) is 6.92 Å². The van der Waals surface area contributed by atoms with Crippen LogP contribution in [0.2, 0.25) is 0 Å². The van der Waals surface area contributed by atoms with Crippen LogP contribution in [0.5, 0.6) is 11.5 Å². The number of rotatable bonds is 5. The van der Waals surface area contributed by atoms with Crippen LogP contribution in [0.15, 0.2) is 24.4 Å². The molecule has 2 aromatic rings. The first-order valence-corrected chi connectivity index (χ1v) is 6.54. The molecule has 0 saturated heterocycles. The molecule has 1 aromatic carbocycles. The SMILES string of the molecule is COc1ccc(C(C)Nc2cn(C)nc2C)cc1OC. The quantitative estimate of drug-likeness (QED) is 0.911. The van der Waals surface area contributed by atoms with Crippen LogP contribution < -0.4 is 14.8 Å². The molecule has 108 valence electrons. The number of anilines is 1. The van der Waals surface area contributed by atoms with Crippen LogP contribution >= 0.6 is 0 Å². The zero-order chi connectivity index (χ0) is 14.7. The third-order valence-electron chi connectivity index (χ3n) is 3.29. The molecule has 0 spiro atoms. The summed E-state index contributed by atoms with van der Waals surface area (Å²) in [5.41, 5.74) is 3.15. The summed E-state index contributed by atoms with van der Waals surface area (Å²) >= 11 is 0. The predicted octanol–water partition coefficient (Wildman–Crippen LogP) is 2.92. The van der Waals surface area contributed by atoms with Gasteiger partial charge in [-0.1, -0.05) is 6.07 Å². The Bertz CT molecular complexity index is 593. The van der Waals surface area contributed by atoms with E-state index in [2.05, 4.69) is 17.3 Å². The molecule has 5 heteroatoms. The van der Waals surface area contributed by atoms with Gasteiger partial charge in [-0.15, -0.1) is 0 Å². The van der Waals surface area contributed by atoms with Gasteiger partial charge in [0.05, 0.1) is 25.6 Å². The van der Waals surface area contributed by atoms with Gasteiger partial charge in [0, 0.05) is 19.3 Å². The minimum absolute atomic E-state index is 0.151. The van der Waals surface area contributed by atoms with Crippen molar-refractivity contribution in [1.82, 2.24) is 9.78 Å². The van der Waals surface area contributed by atoms with E-state index in [1.54, 1.807) is 18.9 Å². The first-order valence-electron chi connectivity index (χ1n) is 6.54. The van der Waals surface area contributed by atoms with E-state index >= 15 is 0 Å². The Morgan fingerprint density at radius 1 is 1.20 bits per heavy atom. The summed E-state index contributed by atoms with van der Waals surface area (Å²) in [5, 5.41) is 7.78. The lowest BCUT2D eigenvalue weighted by molar-refractivity contribution is 0.354. The summed E-state index contributed by atoms with van der Waals surface area (Å²) in [5.74, 6) is 1.47. The van der Waals surface area contributed by atoms with Crippen LogP contribution in [-0.4, -0.2) is 24.0 Å². The summed E-state index contributed by atoms with van der Waals surface area (Å²) in [6.07, 6.45) is 1.98. The van der Waals surface area contributed by atoms with Gasteiger partial charge in [-0.2, -0.15) is 5.10 Å². The molecule has 0 amide bonds. The highest BCUT2D eigenvalue weighted by Crippen LogP contribution is 2.31. The van der Waals surface area contributed by atoms with E-state index in [0.717, 1.165) is 28.4 Å². The van der Waals surface area contributed by atoms with Gasteiger partial charge in [0.2, 0.25) is 0 Å². The second kappa shape index (κ2) is 5.86. The highest BCUT2D eigenvalue weighted by atomic mass is 16.5. The molecule has 2 rings (SSSR count). The summed E-state index contributed by atoms with van der Waals surface area (Å²) in [6.45, 7) is 4.09. The van der Waals surface area contributed by atoms with E-state index in [-0.39, 0.29) is 6.04 Å². The molecule has 1 aromatic heterocycles. The molecule has 0 aliphatic heterocycles. The fraction of sp³-hybridized carbons (Fsp3) is 0.400. The lowest BCUT2D eigenvalue weighted by atomic mass is 10.1. The lowest BCUT2D eigenvalue weighted by Crippen LogP contribution is -2.07. The number of hydrogen-bond donors (Lipinski definition) is 1. The number of nitrogens with one attached hydrogen (secondary N) is 1. The van der Waals surface area contributed by atoms with Crippen molar-refractivity contribution in [3.8, 4) is 11.5 Å². The van der Waals surface area contributed by atoms with Crippen LogP contribution in [0.25, 0.3) is 0 Å². The third-order valence-corrected chi connectivity index (χ3v) is 3.29. The molecule has 20 heavy (non-hydrogen) atoms. The third kappa shape index (κ3) is 2.87. The molecular formula is C15H21N3O2. The van der Waals surface area contributed by atoms with Crippen molar-refractivity contribution in [3.05, 3.63) is 35.7 Å². The molecule has 1 unspecified atom stereocenters. The largest absolute Gasteiger partial charge is 0.493 e. The van der Waals surface area contributed by atoms with Gasteiger partial charge < -0.3 is 14.8 Å². The van der Waals surface area contributed by atoms with Crippen molar-refractivity contribution in [2.75, 3.05) is 19.5 Å². The first-order chi connectivity index (χ1) is 9.55. The normalized spacial score (nSPS) is 12.1. The lowest BCUT2D eigenvalue weighted by Gasteiger charge is -2.17. The maximum Gasteiger partial charge on any atom is 0.161 e. The fourth-order valence-electron chi connectivity index (χ4n) is 2.18. The van der Waals surface area contributed by atoms with Gasteiger partial charge in [-0.3, -0.25) is 4.68 Å². The number of nitrogens with zero attached hydrogens (tertiary/aromatic N) is 2. The van der Waals surface area contributed by atoms with Crippen LogP contribution in [0.4, 0.5) is 5.69 Å². The van der Waals surface area contributed by atoms with E-state index in [4.69, 9.17) is 9.47 Å². The van der Waals surface area contributed by atoms with Crippen molar-refractivity contribution >= 4 is 5.69 Å². The van der Waals surface area contributed by atoms with Crippen molar-refractivity contribution < 1.29 is 9.47 Å². The van der Waals surface area contributed by atoms with Crippen molar-refractivity contribution in [1.29, 1.82) is 0 Å². The van der Waals surface area contributed by atoms with Gasteiger partial charge in [-0.05, 0) is 31.5 Å². The molecule has 1 N–H and O–H groups in total. The Morgan fingerprint density at radius 2 is 1.90 bits per heavy atom. The molecule has 1 atom stereocenters. The van der Waals surface area contributed by atoms with Crippen molar-refractivity contribution in [2.24, 2.45) is 7.05 Å².